The van der Waals surface area contributed by atoms with Crippen LogP contribution in [0.5, 0.6) is 0 Å². The van der Waals surface area contributed by atoms with Crippen molar-refractivity contribution in [2.45, 2.75) is 58.7 Å². The largest absolute Gasteiger partial charge is 0.379 e. The van der Waals surface area contributed by atoms with Crippen molar-refractivity contribution in [3.05, 3.63) is 62.8 Å². The van der Waals surface area contributed by atoms with Crippen LogP contribution in [-0.4, -0.2) is 83.4 Å². The van der Waals surface area contributed by atoms with Gasteiger partial charge in [0.1, 0.15) is 0 Å². The quantitative estimate of drug-likeness (QED) is 0.240. The summed E-state index contributed by atoms with van der Waals surface area (Å²) in [5, 5.41) is 9.81. The number of carbonyl (C=O) groups is 2. The molecule has 1 aromatic heterocycles. The number of benzene rings is 1. The third kappa shape index (κ3) is 8.18. The first kappa shape index (κ1) is 33.2. The Morgan fingerprint density at radius 2 is 2.07 bits per heavy atom. The summed E-state index contributed by atoms with van der Waals surface area (Å²) in [7, 11) is 0. The number of aromatic nitrogens is 2. The van der Waals surface area contributed by atoms with Crippen molar-refractivity contribution in [3.63, 3.8) is 0 Å². The van der Waals surface area contributed by atoms with Crippen LogP contribution in [-0.2, 0) is 33.8 Å². The molecule has 1 saturated heterocycles. The lowest BCUT2D eigenvalue weighted by Crippen LogP contribution is -2.44. The molecule has 0 saturated carbocycles. The number of allylic oxidation sites excluding steroid dienone is 2. The van der Waals surface area contributed by atoms with Crippen molar-refractivity contribution in [1.82, 2.24) is 24.9 Å². The first-order chi connectivity index (χ1) is 21.7. The summed E-state index contributed by atoms with van der Waals surface area (Å²) in [6.07, 6.45) is 7.49. The lowest BCUT2D eigenvalue weighted by molar-refractivity contribution is -0.144. The second kappa shape index (κ2) is 15.4. The summed E-state index contributed by atoms with van der Waals surface area (Å²) < 4.78 is 7.66. The number of rotatable bonds is 9. The van der Waals surface area contributed by atoms with E-state index >= 15 is 0 Å². The van der Waals surface area contributed by atoms with Crippen LogP contribution in [0.25, 0.3) is 11.3 Å². The molecular formula is C34H42Cl2N6O3. The minimum Gasteiger partial charge on any atom is -0.379 e. The van der Waals surface area contributed by atoms with Gasteiger partial charge in [0.05, 0.1) is 30.5 Å². The number of nitrogens with zero attached hydrogens (tertiary/aromatic N) is 4. The normalized spacial score (nSPS) is 20.1. The summed E-state index contributed by atoms with van der Waals surface area (Å²) in [4.78, 5) is 28.2. The van der Waals surface area contributed by atoms with Gasteiger partial charge >= 0.3 is 11.8 Å². The van der Waals surface area contributed by atoms with Gasteiger partial charge in [0.25, 0.3) is 0 Å². The monoisotopic (exact) mass is 652 g/mol. The Labute approximate surface area is 275 Å². The molecule has 3 heterocycles. The predicted octanol–water partition coefficient (Wildman–Crippen LogP) is 4.10. The molecule has 11 heteroatoms. The fourth-order valence-corrected chi connectivity index (χ4v) is 6.47. The number of primary amides is 1. The highest BCUT2D eigenvalue weighted by Crippen LogP contribution is 2.33. The number of morpholine rings is 1. The number of carbonyl (C=O) groups excluding carboxylic acids is 2. The van der Waals surface area contributed by atoms with Gasteiger partial charge < -0.3 is 20.7 Å². The average Bonchev–Trinajstić information content (AvgIpc) is 3.40. The minimum absolute atomic E-state index is 0.0279. The fraction of sp³-hybridized carbons (Fsp3) is 0.500. The average molecular weight is 654 g/mol. The molecule has 240 valence electrons. The molecule has 2 atom stereocenters. The van der Waals surface area contributed by atoms with Crippen molar-refractivity contribution in [1.29, 1.82) is 0 Å². The third-order valence-electron chi connectivity index (χ3n) is 8.59. The number of amides is 2. The molecule has 1 fully saturated rings. The molecule has 0 radical (unpaired) electrons. The van der Waals surface area contributed by atoms with Crippen LogP contribution in [0.4, 0.5) is 0 Å². The molecule has 0 spiro atoms. The van der Waals surface area contributed by atoms with Crippen molar-refractivity contribution in [3.8, 4) is 23.1 Å². The van der Waals surface area contributed by atoms with E-state index in [-0.39, 0.29) is 12.5 Å². The number of halogens is 2. The van der Waals surface area contributed by atoms with Crippen LogP contribution in [0.1, 0.15) is 49.9 Å². The Kier molecular flexibility index (Phi) is 11.4. The van der Waals surface area contributed by atoms with Crippen molar-refractivity contribution < 1.29 is 14.3 Å². The number of hydrogen-bond acceptors (Lipinski definition) is 6. The highest BCUT2D eigenvalue weighted by molar-refractivity contribution is 6.34. The van der Waals surface area contributed by atoms with Crippen LogP contribution < -0.4 is 11.1 Å². The van der Waals surface area contributed by atoms with E-state index < -0.39 is 11.8 Å². The summed E-state index contributed by atoms with van der Waals surface area (Å²) >= 11 is 13.1. The minimum atomic E-state index is -0.951. The molecule has 1 aromatic carbocycles. The van der Waals surface area contributed by atoms with Gasteiger partial charge in [-0.1, -0.05) is 60.2 Å². The molecular weight excluding hydrogens is 611 g/mol. The fourth-order valence-electron chi connectivity index (χ4n) is 6.09. The highest BCUT2D eigenvalue weighted by Gasteiger charge is 2.30. The molecule has 3 aliphatic rings. The second-order valence-corrected chi connectivity index (χ2v) is 12.7. The van der Waals surface area contributed by atoms with Gasteiger partial charge in [0.15, 0.2) is 0 Å². The zero-order chi connectivity index (χ0) is 31.9. The lowest BCUT2D eigenvalue weighted by atomic mass is 9.95. The number of ether oxygens (including phenoxy) is 1. The van der Waals surface area contributed by atoms with Crippen molar-refractivity contribution in [2.75, 3.05) is 45.9 Å². The van der Waals surface area contributed by atoms with E-state index in [0.717, 1.165) is 91.8 Å². The molecule has 1 aliphatic carbocycles. The summed E-state index contributed by atoms with van der Waals surface area (Å²) in [6, 6.07) is 6.13. The highest BCUT2D eigenvalue weighted by atomic mass is 35.5. The van der Waals surface area contributed by atoms with Gasteiger partial charge in [0.2, 0.25) is 0 Å². The molecule has 9 nitrogen and oxygen atoms in total. The number of nitrogens with one attached hydrogen (secondary N) is 1. The van der Waals surface area contributed by atoms with Crippen LogP contribution in [0.2, 0.25) is 5.02 Å². The maximum absolute atomic E-state index is 12.5. The third-order valence-corrected chi connectivity index (χ3v) is 9.31. The number of hydrogen-bond donors (Lipinski definition) is 2. The van der Waals surface area contributed by atoms with E-state index in [0.29, 0.717) is 36.1 Å². The molecule has 2 amide bonds. The van der Waals surface area contributed by atoms with E-state index in [2.05, 4.69) is 46.7 Å². The predicted molar refractivity (Wildman–Crippen MR) is 178 cm³/mol. The molecule has 0 bridgehead atoms. The van der Waals surface area contributed by atoms with E-state index in [1.54, 1.807) is 0 Å². The van der Waals surface area contributed by atoms with Gasteiger partial charge in [-0.05, 0) is 50.4 Å². The second-order valence-electron chi connectivity index (χ2n) is 11.9. The SMILES string of the molecule is CCCNCC1=CC(C#Cc2cc(-c3nn(CCCN4CCOC[C@@H]4C)c4c3CN(C(=O)C(N)=O)CC4)ccc2Cl)CC=C1Cl. The van der Waals surface area contributed by atoms with Crippen LogP contribution in [0, 0.1) is 17.8 Å². The zero-order valence-corrected chi connectivity index (χ0v) is 27.6. The van der Waals surface area contributed by atoms with Gasteiger partial charge in [-0.3, -0.25) is 19.2 Å². The first-order valence-electron chi connectivity index (χ1n) is 15.8. The van der Waals surface area contributed by atoms with Gasteiger partial charge in [-0.25, -0.2) is 0 Å². The van der Waals surface area contributed by atoms with Crippen molar-refractivity contribution >= 4 is 35.0 Å². The molecule has 5 rings (SSSR count). The van der Waals surface area contributed by atoms with Gasteiger partial charge in [-0.15, -0.1) is 0 Å². The van der Waals surface area contributed by atoms with Gasteiger partial charge in [0, 0.05) is 78.5 Å². The van der Waals surface area contributed by atoms with Crippen LogP contribution >= 0.6 is 23.2 Å². The van der Waals surface area contributed by atoms with E-state index in [9.17, 15) is 9.59 Å². The topological polar surface area (TPSA) is 106 Å². The molecule has 2 aliphatic heterocycles. The summed E-state index contributed by atoms with van der Waals surface area (Å²) in [5.74, 6) is 5.08. The van der Waals surface area contributed by atoms with Crippen LogP contribution in [0.15, 0.2) is 41.0 Å². The Hall–Kier alpha value is -3.13. The van der Waals surface area contributed by atoms with E-state index in [1.165, 1.54) is 4.90 Å². The standard InChI is InChI=1S/C34H42Cl2N6O3/c1-3-12-38-20-27-18-24(6-9-30(27)36)5-7-25-19-26(8-10-29(25)35)32-28-21-41(34(44)33(37)43)15-11-31(28)42(39-32)14-4-13-40-16-17-45-22-23(40)2/h8-10,18-19,23-24,38H,3-4,6,11-17,20-22H2,1-2H3,(H2,37,43)/t23-,24?/m0/s1. The van der Waals surface area contributed by atoms with Crippen LogP contribution in [0.3, 0.4) is 0 Å². The van der Waals surface area contributed by atoms with E-state index in [4.69, 9.17) is 38.8 Å². The maximum Gasteiger partial charge on any atom is 0.311 e. The summed E-state index contributed by atoms with van der Waals surface area (Å²) in [5.41, 5.74) is 10.8. The first-order valence-corrected chi connectivity index (χ1v) is 16.6. The Morgan fingerprint density at radius 3 is 2.84 bits per heavy atom. The molecule has 1 unspecified atom stereocenters. The molecule has 3 N–H and O–H groups in total. The van der Waals surface area contributed by atoms with Gasteiger partial charge in [-0.2, -0.15) is 5.10 Å². The molecule has 45 heavy (non-hydrogen) atoms. The maximum atomic E-state index is 12.5. The zero-order valence-electron chi connectivity index (χ0n) is 26.1. The lowest BCUT2D eigenvalue weighted by Gasteiger charge is -2.33. The summed E-state index contributed by atoms with van der Waals surface area (Å²) in [6.45, 7) is 10.8. The van der Waals surface area contributed by atoms with Crippen molar-refractivity contribution in [2.24, 2.45) is 11.7 Å². The number of aryl methyl sites for hydroxylation is 1. The Morgan fingerprint density at radius 1 is 1.22 bits per heavy atom. The number of fused-ring (bicyclic) bond motifs is 1. The number of nitrogens with two attached hydrogens (primary N) is 1. The Balaban J connectivity index is 1.40. The smallest absolute Gasteiger partial charge is 0.311 e. The Bertz CT molecular complexity index is 1540. The molecule has 2 aromatic rings. The van der Waals surface area contributed by atoms with E-state index in [1.807, 2.05) is 24.3 Å².